The van der Waals surface area contributed by atoms with Crippen molar-refractivity contribution in [1.29, 1.82) is 0 Å². The number of halogens is 2. The van der Waals surface area contributed by atoms with Crippen LogP contribution in [0.2, 0.25) is 10.0 Å². The minimum absolute atomic E-state index is 0.459. The fourth-order valence-corrected chi connectivity index (χ4v) is 2.01. The third-order valence-corrected chi connectivity index (χ3v) is 2.75. The lowest BCUT2D eigenvalue weighted by Crippen LogP contribution is -2.29. The van der Waals surface area contributed by atoms with Gasteiger partial charge in [0.05, 0.1) is 4.99 Å². The summed E-state index contributed by atoms with van der Waals surface area (Å²) in [7, 11) is 1.92. The molecule has 0 unspecified atom stereocenters. The van der Waals surface area contributed by atoms with Crippen molar-refractivity contribution in [2.24, 2.45) is 5.73 Å². The molecule has 15 heavy (non-hydrogen) atoms. The summed E-state index contributed by atoms with van der Waals surface area (Å²) in [5.74, 6) is 0. The summed E-state index contributed by atoms with van der Waals surface area (Å²) in [6.45, 7) is 1.19. The van der Waals surface area contributed by atoms with Crippen molar-refractivity contribution in [2.45, 2.75) is 6.54 Å². The van der Waals surface area contributed by atoms with Crippen LogP contribution < -0.4 is 5.73 Å². The lowest BCUT2D eigenvalue weighted by Gasteiger charge is -2.17. The molecule has 0 saturated carbocycles. The average molecular weight is 263 g/mol. The van der Waals surface area contributed by atoms with Crippen molar-refractivity contribution in [1.82, 2.24) is 4.90 Å². The molecule has 2 N–H and O–H groups in total. The Hall–Kier alpha value is -0.350. The molecule has 1 aromatic carbocycles. The van der Waals surface area contributed by atoms with Gasteiger partial charge in [-0.15, -0.1) is 0 Å². The van der Waals surface area contributed by atoms with E-state index in [4.69, 9.17) is 41.2 Å². The first-order chi connectivity index (χ1) is 7.00. The molecule has 5 heteroatoms. The summed E-state index contributed by atoms with van der Waals surface area (Å²) < 4.78 is 0. The average Bonchev–Trinajstić information content (AvgIpc) is 2.10. The van der Waals surface area contributed by atoms with Gasteiger partial charge in [-0.05, 0) is 19.2 Å². The van der Waals surface area contributed by atoms with Crippen molar-refractivity contribution in [3.05, 3.63) is 33.8 Å². The number of rotatable bonds is 4. The highest BCUT2D eigenvalue weighted by Gasteiger charge is 2.08. The molecule has 0 radical (unpaired) electrons. The third-order valence-electron chi connectivity index (χ3n) is 1.92. The molecular weight excluding hydrogens is 251 g/mol. The largest absolute Gasteiger partial charge is 0.392 e. The topological polar surface area (TPSA) is 29.3 Å². The Kier molecular flexibility index (Phi) is 4.80. The molecule has 0 aromatic heterocycles. The highest BCUT2D eigenvalue weighted by Crippen LogP contribution is 2.25. The van der Waals surface area contributed by atoms with Crippen LogP contribution in [0.3, 0.4) is 0 Å². The summed E-state index contributed by atoms with van der Waals surface area (Å²) in [4.78, 5) is 2.43. The first kappa shape index (κ1) is 12.7. The van der Waals surface area contributed by atoms with Crippen LogP contribution >= 0.6 is 35.4 Å². The van der Waals surface area contributed by atoms with E-state index in [0.29, 0.717) is 28.1 Å². The normalized spacial score (nSPS) is 10.7. The van der Waals surface area contributed by atoms with Gasteiger partial charge in [-0.2, -0.15) is 0 Å². The molecule has 0 bridgehead atoms. The van der Waals surface area contributed by atoms with Crippen LogP contribution in [0.5, 0.6) is 0 Å². The third kappa shape index (κ3) is 3.95. The zero-order chi connectivity index (χ0) is 11.4. The number of nitrogens with two attached hydrogens (primary N) is 1. The van der Waals surface area contributed by atoms with Crippen LogP contribution in [0.4, 0.5) is 0 Å². The Bertz CT molecular complexity index is 348. The number of benzene rings is 1. The highest BCUT2D eigenvalue weighted by molar-refractivity contribution is 7.80. The van der Waals surface area contributed by atoms with E-state index in [2.05, 4.69) is 0 Å². The van der Waals surface area contributed by atoms with Gasteiger partial charge in [0.15, 0.2) is 0 Å². The standard InChI is InChI=1S/C10H12Cl2N2S/c1-14(6-10(13)15)5-7-8(11)3-2-4-9(7)12/h2-4H,5-6H2,1H3,(H2,13,15). The van der Waals surface area contributed by atoms with Gasteiger partial charge >= 0.3 is 0 Å². The van der Waals surface area contributed by atoms with Crippen LogP contribution in [-0.4, -0.2) is 23.5 Å². The molecule has 0 aliphatic rings. The molecule has 0 aliphatic carbocycles. The minimum Gasteiger partial charge on any atom is -0.392 e. The van der Waals surface area contributed by atoms with Gasteiger partial charge in [0.2, 0.25) is 0 Å². The second-order valence-electron chi connectivity index (χ2n) is 3.34. The SMILES string of the molecule is CN(CC(N)=S)Cc1c(Cl)cccc1Cl. The van der Waals surface area contributed by atoms with Gasteiger partial charge in [0.1, 0.15) is 0 Å². The predicted octanol–water partition coefficient (Wildman–Crippen LogP) is 2.71. The van der Waals surface area contributed by atoms with Crippen LogP contribution in [0.25, 0.3) is 0 Å². The van der Waals surface area contributed by atoms with E-state index in [1.807, 2.05) is 30.1 Å². The van der Waals surface area contributed by atoms with E-state index in [1.54, 1.807) is 0 Å². The van der Waals surface area contributed by atoms with E-state index in [9.17, 15) is 0 Å². The summed E-state index contributed by atoms with van der Waals surface area (Å²) in [5.41, 5.74) is 6.35. The molecule has 2 nitrogen and oxygen atoms in total. The van der Waals surface area contributed by atoms with Crippen molar-refractivity contribution in [2.75, 3.05) is 13.6 Å². The van der Waals surface area contributed by atoms with E-state index < -0.39 is 0 Å². The summed E-state index contributed by atoms with van der Waals surface area (Å²) in [5, 5.41) is 1.33. The molecule has 0 saturated heterocycles. The molecule has 1 rings (SSSR count). The lowest BCUT2D eigenvalue weighted by atomic mass is 10.2. The van der Waals surface area contributed by atoms with Gasteiger partial charge in [0, 0.05) is 28.7 Å². The van der Waals surface area contributed by atoms with Crippen LogP contribution in [0.1, 0.15) is 5.56 Å². The number of hydrogen-bond acceptors (Lipinski definition) is 2. The van der Waals surface area contributed by atoms with Crippen molar-refractivity contribution >= 4 is 40.4 Å². The zero-order valence-corrected chi connectivity index (χ0v) is 10.7. The first-order valence-electron chi connectivity index (χ1n) is 4.40. The van der Waals surface area contributed by atoms with Crippen LogP contribution in [-0.2, 0) is 6.54 Å². The van der Waals surface area contributed by atoms with E-state index in [-0.39, 0.29) is 0 Å². The monoisotopic (exact) mass is 262 g/mol. The Morgan fingerprint density at radius 1 is 1.40 bits per heavy atom. The van der Waals surface area contributed by atoms with Crippen LogP contribution in [0.15, 0.2) is 18.2 Å². The molecular formula is C10H12Cl2N2S. The number of hydrogen-bond donors (Lipinski definition) is 1. The van der Waals surface area contributed by atoms with Gasteiger partial charge < -0.3 is 5.73 Å². The van der Waals surface area contributed by atoms with Gasteiger partial charge in [-0.1, -0.05) is 41.5 Å². The smallest absolute Gasteiger partial charge is 0.0870 e. The van der Waals surface area contributed by atoms with Gasteiger partial charge in [0.25, 0.3) is 0 Å². The number of nitrogens with zero attached hydrogens (tertiary/aromatic N) is 1. The second-order valence-corrected chi connectivity index (χ2v) is 4.68. The van der Waals surface area contributed by atoms with Crippen molar-refractivity contribution < 1.29 is 0 Å². The van der Waals surface area contributed by atoms with Gasteiger partial charge in [-0.3, -0.25) is 4.90 Å². The zero-order valence-electron chi connectivity index (χ0n) is 8.34. The summed E-state index contributed by atoms with van der Waals surface area (Å²) >= 11 is 16.9. The molecule has 1 aromatic rings. The van der Waals surface area contributed by atoms with E-state index in [1.165, 1.54) is 0 Å². The molecule has 0 spiro atoms. The molecule has 0 fully saturated rings. The second kappa shape index (κ2) is 5.66. The van der Waals surface area contributed by atoms with Crippen LogP contribution in [0, 0.1) is 0 Å². The maximum Gasteiger partial charge on any atom is 0.0870 e. The fourth-order valence-electron chi connectivity index (χ4n) is 1.28. The maximum absolute atomic E-state index is 6.03. The first-order valence-corrected chi connectivity index (χ1v) is 5.57. The molecule has 0 atom stereocenters. The molecule has 0 aliphatic heterocycles. The molecule has 0 heterocycles. The lowest BCUT2D eigenvalue weighted by molar-refractivity contribution is 0.375. The molecule has 82 valence electrons. The summed E-state index contributed by atoms with van der Waals surface area (Å²) in [6.07, 6.45) is 0. The predicted molar refractivity (Wildman–Crippen MR) is 69.6 cm³/mol. The van der Waals surface area contributed by atoms with Gasteiger partial charge in [-0.25, -0.2) is 0 Å². The minimum atomic E-state index is 0.459. The number of thiocarbonyl (C=S) groups is 1. The highest BCUT2D eigenvalue weighted by atomic mass is 35.5. The molecule has 0 amide bonds. The Labute approximate surface area is 105 Å². The maximum atomic E-state index is 6.03. The summed E-state index contributed by atoms with van der Waals surface area (Å²) in [6, 6.07) is 5.45. The Morgan fingerprint density at radius 3 is 2.40 bits per heavy atom. The van der Waals surface area contributed by atoms with E-state index >= 15 is 0 Å². The van der Waals surface area contributed by atoms with Crippen molar-refractivity contribution in [3.8, 4) is 0 Å². The van der Waals surface area contributed by atoms with Crippen molar-refractivity contribution in [3.63, 3.8) is 0 Å². The quantitative estimate of drug-likeness (QED) is 0.847. The number of likely N-dealkylation sites (N-methyl/N-ethyl adjacent to an activating group) is 1. The Morgan fingerprint density at radius 2 is 1.93 bits per heavy atom. The van der Waals surface area contributed by atoms with E-state index in [0.717, 1.165) is 5.56 Å². The Balaban J connectivity index is 2.76. The fraction of sp³-hybridized carbons (Fsp3) is 0.300.